The molecule has 0 saturated heterocycles. The third-order valence-electron chi connectivity index (χ3n) is 3.77. The molecule has 5 heterocycles. The van der Waals surface area contributed by atoms with Crippen molar-refractivity contribution in [3.63, 3.8) is 0 Å². The average Bonchev–Trinajstić information content (AvgIpc) is 3.25. The standard InChI is InChI=1S/C16H10N8/c1-2-12-14(20-10(1)9-5-18-8-19-6-9)15(24-23-12)16-21-11-3-4-17-7-13(11)22-16/h1-8H,(H,21,22)(H,23,24). The Morgan fingerprint density at radius 2 is 1.75 bits per heavy atom. The van der Waals surface area contributed by atoms with E-state index in [1.54, 1.807) is 24.8 Å². The average molecular weight is 314 g/mol. The molecule has 0 aromatic carbocycles. The molecule has 0 aliphatic carbocycles. The highest BCUT2D eigenvalue weighted by Crippen LogP contribution is 2.26. The minimum absolute atomic E-state index is 0.651. The first-order valence-corrected chi connectivity index (χ1v) is 7.29. The van der Waals surface area contributed by atoms with Crippen molar-refractivity contribution in [1.82, 2.24) is 40.1 Å². The maximum absolute atomic E-state index is 4.70. The van der Waals surface area contributed by atoms with Crippen LogP contribution < -0.4 is 0 Å². The molecule has 5 rings (SSSR count). The number of aromatic nitrogens is 8. The zero-order valence-corrected chi connectivity index (χ0v) is 12.3. The molecular weight excluding hydrogens is 304 g/mol. The molecule has 8 nitrogen and oxygen atoms in total. The van der Waals surface area contributed by atoms with E-state index in [9.17, 15) is 0 Å². The summed E-state index contributed by atoms with van der Waals surface area (Å²) >= 11 is 0. The highest BCUT2D eigenvalue weighted by molar-refractivity contribution is 5.91. The van der Waals surface area contributed by atoms with E-state index >= 15 is 0 Å². The Hall–Kier alpha value is -3.68. The van der Waals surface area contributed by atoms with Crippen molar-refractivity contribution in [2.45, 2.75) is 0 Å². The molecule has 0 aliphatic rings. The molecule has 0 saturated carbocycles. The largest absolute Gasteiger partial charge is 0.335 e. The quantitative estimate of drug-likeness (QED) is 0.517. The zero-order valence-electron chi connectivity index (χ0n) is 12.3. The van der Waals surface area contributed by atoms with Crippen molar-refractivity contribution in [2.75, 3.05) is 0 Å². The molecule has 0 aliphatic heterocycles. The van der Waals surface area contributed by atoms with Gasteiger partial charge in [0.05, 0.1) is 28.4 Å². The third-order valence-corrected chi connectivity index (χ3v) is 3.77. The van der Waals surface area contributed by atoms with Gasteiger partial charge < -0.3 is 4.98 Å². The van der Waals surface area contributed by atoms with E-state index in [1.807, 2.05) is 18.2 Å². The maximum atomic E-state index is 4.70. The van der Waals surface area contributed by atoms with Gasteiger partial charge in [-0.2, -0.15) is 5.10 Å². The SMILES string of the molecule is c1cc2nc(-c3n[nH]c4ccc(-c5cncnc5)nc34)[nH]c2cn1. The molecule has 0 atom stereocenters. The van der Waals surface area contributed by atoms with E-state index in [2.05, 4.69) is 35.1 Å². The number of nitrogens with one attached hydrogen (secondary N) is 2. The predicted molar refractivity (Wildman–Crippen MR) is 87.8 cm³/mol. The molecule has 114 valence electrons. The highest BCUT2D eigenvalue weighted by atomic mass is 15.1. The second-order valence-electron chi connectivity index (χ2n) is 5.27. The van der Waals surface area contributed by atoms with Crippen LogP contribution in [0.2, 0.25) is 0 Å². The molecule has 0 unspecified atom stereocenters. The highest BCUT2D eigenvalue weighted by Gasteiger charge is 2.15. The summed E-state index contributed by atoms with van der Waals surface area (Å²) in [6.45, 7) is 0. The Bertz CT molecular complexity index is 1130. The van der Waals surface area contributed by atoms with Crippen molar-refractivity contribution < 1.29 is 0 Å². The molecule has 0 radical (unpaired) electrons. The van der Waals surface area contributed by atoms with E-state index in [0.29, 0.717) is 11.5 Å². The van der Waals surface area contributed by atoms with Crippen LogP contribution >= 0.6 is 0 Å². The molecule has 8 heteroatoms. The Kier molecular flexibility index (Phi) is 2.63. The van der Waals surface area contributed by atoms with Crippen LogP contribution in [0.25, 0.3) is 44.8 Å². The lowest BCUT2D eigenvalue weighted by Gasteiger charge is -1.99. The van der Waals surface area contributed by atoms with Gasteiger partial charge in [0.2, 0.25) is 0 Å². The first-order valence-electron chi connectivity index (χ1n) is 7.29. The zero-order chi connectivity index (χ0) is 15.9. The van der Waals surface area contributed by atoms with Crippen LogP contribution in [0.4, 0.5) is 0 Å². The number of imidazole rings is 1. The summed E-state index contributed by atoms with van der Waals surface area (Å²) in [5.41, 5.74) is 5.57. The molecule has 24 heavy (non-hydrogen) atoms. The summed E-state index contributed by atoms with van der Waals surface area (Å²) in [5, 5.41) is 7.35. The van der Waals surface area contributed by atoms with Gasteiger partial charge >= 0.3 is 0 Å². The van der Waals surface area contributed by atoms with E-state index in [-0.39, 0.29) is 0 Å². The van der Waals surface area contributed by atoms with Crippen LogP contribution in [-0.2, 0) is 0 Å². The van der Waals surface area contributed by atoms with Crippen LogP contribution in [-0.4, -0.2) is 40.1 Å². The second-order valence-corrected chi connectivity index (χ2v) is 5.27. The van der Waals surface area contributed by atoms with Crippen molar-refractivity contribution >= 4 is 22.1 Å². The second kappa shape index (κ2) is 4.92. The summed E-state index contributed by atoms with van der Waals surface area (Å²) in [6, 6.07) is 5.70. The van der Waals surface area contributed by atoms with Gasteiger partial charge in [0, 0.05) is 24.2 Å². The van der Waals surface area contributed by atoms with Crippen molar-refractivity contribution in [1.29, 1.82) is 0 Å². The topological polar surface area (TPSA) is 109 Å². The summed E-state index contributed by atoms with van der Waals surface area (Å²) in [7, 11) is 0. The Labute approximate surface area is 135 Å². The molecule has 0 fully saturated rings. The number of nitrogens with zero attached hydrogens (tertiary/aromatic N) is 6. The number of H-pyrrole nitrogens is 2. The van der Waals surface area contributed by atoms with Gasteiger partial charge in [-0.3, -0.25) is 10.1 Å². The van der Waals surface area contributed by atoms with Crippen LogP contribution in [0.1, 0.15) is 0 Å². The lowest BCUT2D eigenvalue weighted by atomic mass is 10.2. The fourth-order valence-electron chi connectivity index (χ4n) is 2.63. The molecule has 5 aromatic rings. The number of fused-ring (bicyclic) bond motifs is 2. The first-order chi connectivity index (χ1) is 11.9. The number of hydrogen-bond donors (Lipinski definition) is 2. The summed E-state index contributed by atoms with van der Waals surface area (Å²) < 4.78 is 0. The van der Waals surface area contributed by atoms with E-state index in [0.717, 1.165) is 33.3 Å². The van der Waals surface area contributed by atoms with Crippen LogP contribution in [0.15, 0.2) is 49.3 Å². The number of aromatic amines is 2. The number of rotatable bonds is 2. The normalized spacial score (nSPS) is 11.3. The van der Waals surface area contributed by atoms with Crippen molar-refractivity contribution in [2.24, 2.45) is 0 Å². The fourth-order valence-corrected chi connectivity index (χ4v) is 2.63. The molecule has 5 aromatic heterocycles. The number of hydrogen-bond acceptors (Lipinski definition) is 6. The van der Waals surface area contributed by atoms with Gasteiger partial charge in [-0.05, 0) is 18.2 Å². The summed E-state index contributed by atoms with van der Waals surface area (Å²) in [5.74, 6) is 0.651. The Morgan fingerprint density at radius 3 is 2.62 bits per heavy atom. The van der Waals surface area contributed by atoms with Gasteiger partial charge in [-0.15, -0.1) is 0 Å². The predicted octanol–water partition coefficient (Wildman–Crippen LogP) is 2.35. The molecule has 0 spiro atoms. The van der Waals surface area contributed by atoms with Crippen LogP contribution in [0, 0.1) is 0 Å². The third kappa shape index (κ3) is 1.93. The van der Waals surface area contributed by atoms with E-state index in [4.69, 9.17) is 4.98 Å². The monoisotopic (exact) mass is 314 g/mol. The minimum atomic E-state index is 0.651. The van der Waals surface area contributed by atoms with Crippen molar-refractivity contribution in [3.05, 3.63) is 49.3 Å². The Morgan fingerprint density at radius 1 is 0.833 bits per heavy atom. The summed E-state index contributed by atoms with van der Waals surface area (Å²) in [6.07, 6.45) is 8.40. The van der Waals surface area contributed by atoms with Gasteiger partial charge in [0.15, 0.2) is 11.5 Å². The van der Waals surface area contributed by atoms with Gasteiger partial charge in [0.1, 0.15) is 11.8 Å². The fraction of sp³-hybridized carbons (Fsp3) is 0. The van der Waals surface area contributed by atoms with Crippen LogP contribution in [0.5, 0.6) is 0 Å². The summed E-state index contributed by atoms with van der Waals surface area (Å²) in [4.78, 5) is 24.7. The smallest absolute Gasteiger partial charge is 0.161 e. The van der Waals surface area contributed by atoms with E-state index < -0.39 is 0 Å². The lowest BCUT2D eigenvalue weighted by Crippen LogP contribution is -1.88. The molecule has 0 amide bonds. The van der Waals surface area contributed by atoms with Gasteiger partial charge in [0.25, 0.3) is 0 Å². The molecular formula is C16H10N8. The first kappa shape index (κ1) is 12.8. The molecule has 0 bridgehead atoms. The van der Waals surface area contributed by atoms with Gasteiger partial charge in [-0.25, -0.2) is 19.9 Å². The maximum Gasteiger partial charge on any atom is 0.161 e. The van der Waals surface area contributed by atoms with E-state index in [1.165, 1.54) is 6.33 Å². The Balaban J connectivity index is 1.71. The minimum Gasteiger partial charge on any atom is -0.335 e. The van der Waals surface area contributed by atoms with Gasteiger partial charge in [-0.1, -0.05) is 0 Å². The molecule has 2 N–H and O–H groups in total. The lowest BCUT2D eigenvalue weighted by molar-refractivity contribution is 1.10. The number of pyridine rings is 2. The van der Waals surface area contributed by atoms with Crippen LogP contribution in [0.3, 0.4) is 0 Å². The van der Waals surface area contributed by atoms with Crippen molar-refractivity contribution in [3.8, 4) is 22.8 Å².